The molecule has 4 nitrogen and oxygen atoms in total. The van der Waals surface area contributed by atoms with Crippen molar-refractivity contribution in [3.63, 3.8) is 0 Å². The minimum atomic E-state index is 0.287. The van der Waals surface area contributed by atoms with E-state index in [1.165, 1.54) is 32.1 Å². The van der Waals surface area contributed by atoms with Crippen LogP contribution in [0, 0.1) is 12.8 Å². The molecule has 0 amide bonds. The third-order valence-corrected chi connectivity index (χ3v) is 4.45. The van der Waals surface area contributed by atoms with Crippen LogP contribution in [0.5, 0.6) is 0 Å². The molecule has 0 bridgehead atoms. The molecule has 104 valence electrons. The Balaban J connectivity index is 1.95. The van der Waals surface area contributed by atoms with Crippen molar-refractivity contribution in [1.82, 2.24) is 20.4 Å². The number of aromatic nitrogens is 2. The second-order valence-corrected chi connectivity index (χ2v) is 5.85. The molecule has 1 unspecified atom stereocenters. The highest BCUT2D eigenvalue weighted by atomic mass is 15.5. The molecular weight excluding hydrogens is 247 g/mol. The van der Waals surface area contributed by atoms with Gasteiger partial charge in [0.2, 0.25) is 0 Å². The van der Waals surface area contributed by atoms with Crippen molar-refractivity contribution in [3.8, 4) is 0 Å². The molecule has 5 heteroatoms. The molecule has 2 aliphatic rings. The Morgan fingerprint density at radius 2 is 2.05 bits per heavy atom. The predicted octanol–water partition coefficient (Wildman–Crippen LogP) is 2.02. The summed E-state index contributed by atoms with van der Waals surface area (Å²) in [5, 5.41) is 1.94. The van der Waals surface area contributed by atoms with Gasteiger partial charge in [-0.25, -0.2) is 15.4 Å². The highest BCUT2D eigenvalue weighted by Gasteiger charge is 2.34. The van der Waals surface area contributed by atoms with Crippen molar-refractivity contribution < 1.29 is 0 Å². The molecule has 0 saturated heterocycles. The number of nitrogens with zero attached hydrogens (tertiary/aromatic N) is 3. The van der Waals surface area contributed by atoms with E-state index in [9.17, 15) is 0 Å². The van der Waals surface area contributed by atoms with Gasteiger partial charge >= 0.3 is 0 Å². The SMILES string of the molecule is [B]C1=C(c2ccnc(C)n2)C(C2CCCCC2)NN1C. The van der Waals surface area contributed by atoms with Gasteiger partial charge < -0.3 is 5.01 Å². The summed E-state index contributed by atoms with van der Waals surface area (Å²) in [6.45, 7) is 1.92. The Bertz CT molecular complexity index is 522. The highest BCUT2D eigenvalue weighted by molar-refractivity contribution is 6.25. The van der Waals surface area contributed by atoms with E-state index in [2.05, 4.69) is 15.4 Å². The Morgan fingerprint density at radius 1 is 1.30 bits per heavy atom. The van der Waals surface area contributed by atoms with E-state index in [4.69, 9.17) is 7.85 Å². The van der Waals surface area contributed by atoms with Gasteiger partial charge in [0.1, 0.15) is 13.7 Å². The van der Waals surface area contributed by atoms with E-state index >= 15 is 0 Å². The van der Waals surface area contributed by atoms with E-state index < -0.39 is 0 Å². The lowest BCUT2D eigenvalue weighted by molar-refractivity contribution is 0.238. The minimum Gasteiger partial charge on any atom is -0.325 e. The lowest BCUT2D eigenvalue weighted by Gasteiger charge is -2.30. The van der Waals surface area contributed by atoms with Crippen LogP contribution in [0.15, 0.2) is 17.9 Å². The number of nitrogens with one attached hydrogen (secondary N) is 1. The van der Waals surface area contributed by atoms with Crippen LogP contribution < -0.4 is 5.43 Å². The van der Waals surface area contributed by atoms with Crippen LogP contribution in [0.4, 0.5) is 0 Å². The molecule has 1 fully saturated rings. The Morgan fingerprint density at radius 3 is 2.75 bits per heavy atom. The maximum Gasteiger partial charge on any atom is 0.141 e. The second kappa shape index (κ2) is 5.56. The van der Waals surface area contributed by atoms with Gasteiger partial charge in [-0.2, -0.15) is 0 Å². The Hall–Kier alpha value is -1.36. The van der Waals surface area contributed by atoms with Crippen molar-refractivity contribution in [2.45, 2.75) is 45.1 Å². The van der Waals surface area contributed by atoms with Gasteiger partial charge in [0.25, 0.3) is 0 Å². The van der Waals surface area contributed by atoms with E-state index in [0.717, 1.165) is 22.7 Å². The summed E-state index contributed by atoms with van der Waals surface area (Å²) in [6, 6.07) is 2.25. The lowest BCUT2D eigenvalue weighted by Crippen LogP contribution is -2.40. The van der Waals surface area contributed by atoms with Crippen molar-refractivity contribution in [2.24, 2.45) is 5.92 Å². The van der Waals surface area contributed by atoms with Crippen LogP contribution in [0.25, 0.3) is 5.57 Å². The Labute approximate surface area is 122 Å². The van der Waals surface area contributed by atoms with Gasteiger partial charge in [-0.3, -0.25) is 0 Å². The Kier molecular flexibility index (Phi) is 3.79. The average molecular weight is 268 g/mol. The van der Waals surface area contributed by atoms with Crippen molar-refractivity contribution in [2.75, 3.05) is 7.05 Å². The number of hydrogen-bond acceptors (Lipinski definition) is 4. The summed E-state index contributed by atoms with van der Waals surface area (Å²) in [6.07, 6.45) is 8.36. The maximum atomic E-state index is 6.28. The first-order valence-electron chi connectivity index (χ1n) is 7.46. The van der Waals surface area contributed by atoms with E-state index in [-0.39, 0.29) is 6.04 Å². The minimum absolute atomic E-state index is 0.287. The molecule has 1 aromatic rings. The average Bonchev–Trinajstić information content (AvgIpc) is 2.76. The highest BCUT2D eigenvalue weighted by Crippen LogP contribution is 2.36. The predicted molar refractivity (Wildman–Crippen MR) is 80.7 cm³/mol. The molecule has 0 spiro atoms. The zero-order chi connectivity index (χ0) is 14.1. The summed E-state index contributed by atoms with van der Waals surface area (Å²) in [4.78, 5) is 8.75. The van der Waals surface area contributed by atoms with Crippen LogP contribution in [0.1, 0.15) is 43.6 Å². The summed E-state index contributed by atoms with van der Waals surface area (Å²) in [5.74, 6) is 1.44. The van der Waals surface area contributed by atoms with Gasteiger partial charge in [0.05, 0.1) is 11.7 Å². The second-order valence-electron chi connectivity index (χ2n) is 5.85. The fourth-order valence-corrected chi connectivity index (χ4v) is 3.39. The number of aryl methyl sites for hydroxylation is 1. The molecule has 2 radical (unpaired) electrons. The lowest BCUT2D eigenvalue weighted by atomic mass is 9.79. The summed E-state index contributed by atoms with van der Waals surface area (Å²) >= 11 is 0. The third kappa shape index (κ3) is 2.47. The van der Waals surface area contributed by atoms with Gasteiger partial charge in [-0.05, 0) is 37.3 Å². The topological polar surface area (TPSA) is 41.1 Å². The van der Waals surface area contributed by atoms with Crippen LogP contribution in [-0.2, 0) is 0 Å². The standard InChI is InChI=1S/C15H21BN4/c1-10-17-9-8-12(18-10)13-14(19-20(2)15(13)16)11-6-4-3-5-7-11/h8-9,11,14,19H,3-7H2,1-2H3. The molecule has 1 aliphatic heterocycles. The zero-order valence-electron chi connectivity index (χ0n) is 12.3. The van der Waals surface area contributed by atoms with Crippen molar-refractivity contribution in [1.29, 1.82) is 0 Å². The largest absolute Gasteiger partial charge is 0.325 e. The molecule has 1 N–H and O–H groups in total. The smallest absolute Gasteiger partial charge is 0.141 e. The van der Waals surface area contributed by atoms with Crippen LogP contribution in [-0.4, -0.2) is 35.9 Å². The van der Waals surface area contributed by atoms with Crippen molar-refractivity contribution >= 4 is 13.4 Å². The number of rotatable bonds is 2. The zero-order valence-corrected chi connectivity index (χ0v) is 12.3. The summed E-state index contributed by atoms with van der Waals surface area (Å²) in [7, 11) is 8.26. The van der Waals surface area contributed by atoms with Crippen LogP contribution in [0.3, 0.4) is 0 Å². The monoisotopic (exact) mass is 268 g/mol. The van der Waals surface area contributed by atoms with Crippen molar-refractivity contribution in [3.05, 3.63) is 29.4 Å². The van der Waals surface area contributed by atoms with Gasteiger partial charge in [-0.1, -0.05) is 19.3 Å². The van der Waals surface area contributed by atoms with Gasteiger partial charge in [0, 0.05) is 18.8 Å². The quantitative estimate of drug-likeness (QED) is 0.833. The van der Waals surface area contributed by atoms with Crippen LogP contribution in [0.2, 0.25) is 0 Å². The maximum absolute atomic E-state index is 6.28. The molecule has 1 saturated carbocycles. The molecule has 2 heterocycles. The molecular formula is C15H21BN4. The van der Waals surface area contributed by atoms with Gasteiger partial charge in [-0.15, -0.1) is 0 Å². The molecule has 0 aromatic carbocycles. The molecule has 1 aromatic heterocycles. The van der Waals surface area contributed by atoms with E-state index in [1.807, 2.05) is 31.2 Å². The first-order chi connectivity index (χ1) is 9.66. The third-order valence-electron chi connectivity index (χ3n) is 4.45. The van der Waals surface area contributed by atoms with E-state index in [1.54, 1.807) is 0 Å². The first-order valence-corrected chi connectivity index (χ1v) is 7.46. The van der Waals surface area contributed by atoms with Gasteiger partial charge in [0.15, 0.2) is 0 Å². The molecule has 3 rings (SSSR count). The molecule has 1 atom stereocenters. The van der Waals surface area contributed by atoms with Crippen LogP contribution >= 0.6 is 0 Å². The number of hydrazine groups is 1. The fourth-order valence-electron chi connectivity index (χ4n) is 3.39. The number of hydrogen-bond donors (Lipinski definition) is 1. The molecule has 20 heavy (non-hydrogen) atoms. The first kappa shape index (κ1) is 13.6. The normalized spacial score (nSPS) is 24.5. The summed E-state index contributed by atoms with van der Waals surface area (Å²) < 4.78 is 0. The molecule has 1 aliphatic carbocycles. The summed E-state index contributed by atoms with van der Waals surface area (Å²) in [5.41, 5.74) is 6.41. The fraction of sp³-hybridized carbons (Fsp3) is 0.600. The van der Waals surface area contributed by atoms with E-state index in [0.29, 0.717) is 5.92 Å².